The van der Waals surface area contributed by atoms with E-state index in [4.69, 9.17) is 27.9 Å². The van der Waals surface area contributed by atoms with Gasteiger partial charge in [-0.25, -0.2) is 0 Å². The van der Waals surface area contributed by atoms with Crippen LogP contribution >= 0.6 is 35.0 Å². The van der Waals surface area contributed by atoms with E-state index in [2.05, 4.69) is 21.6 Å². The van der Waals surface area contributed by atoms with Crippen molar-refractivity contribution < 1.29 is 9.53 Å². The Hall–Kier alpha value is -2.06. The molecule has 0 bridgehead atoms. The molecule has 1 heterocycles. The number of amides is 1. The molecular formula is C20H20Cl2N4O2S. The Morgan fingerprint density at radius 1 is 1.21 bits per heavy atom. The van der Waals surface area contributed by atoms with E-state index >= 15 is 0 Å². The van der Waals surface area contributed by atoms with Gasteiger partial charge in [0, 0.05) is 17.7 Å². The van der Waals surface area contributed by atoms with Crippen LogP contribution in [0, 0.1) is 6.92 Å². The van der Waals surface area contributed by atoms with Gasteiger partial charge >= 0.3 is 0 Å². The van der Waals surface area contributed by atoms with Crippen molar-refractivity contribution in [2.75, 3.05) is 24.8 Å². The number of thioether (sulfide) groups is 1. The number of nitrogens with zero attached hydrogens (tertiary/aromatic N) is 3. The van der Waals surface area contributed by atoms with Crippen LogP contribution in [0.25, 0.3) is 11.4 Å². The number of hydrogen-bond acceptors (Lipinski definition) is 5. The SMILES string of the molecule is COCCn1c(SCC(=O)Nc2ccc(Cl)cc2Cl)nnc1-c1cccc(C)c1. The molecule has 3 rings (SSSR count). The number of halogens is 2. The molecule has 0 spiro atoms. The van der Waals surface area contributed by atoms with E-state index in [0.717, 1.165) is 17.0 Å². The zero-order valence-corrected chi connectivity index (χ0v) is 18.3. The van der Waals surface area contributed by atoms with Gasteiger partial charge in [0.1, 0.15) is 0 Å². The van der Waals surface area contributed by atoms with Crippen LogP contribution < -0.4 is 5.32 Å². The lowest BCUT2D eigenvalue weighted by molar-refractivity contribution is -0.113. The van der Waals surface area contributed by atoms with Crippen LogP contribution in [0.4, 0.5) is 5.69 Å². The first-order valence-electron chi connectivity index (χ1n) is 8.85. The molecule has 3 aromatic rings. The van der Waals surface area contributed by atoms with Gasteiger partial charge in [0.15, 0.2) is 11.0 Å². The average Bonchev–Trinajstić information content (AvgIpc) is 3.09. The summed E-state index contributed by atoms with van der Waals surface area (Å²) < 4.78 is 7.19. The number of nitrogens with one attached hydrogen (secondary N) is 1. The molecule has 2 aromatic carbocycles. The lowest BCUT2D eigenvalue weighted by Crippen LogP contribution is -2.15. The molecule has 0 unspecified atom stereocenters. The lowest BCUT2D eigenvalue weighted by atomic mass is 10.1. The maximum Gasteiger partial charge on any atom is 0.234 e. The molecule has 6 nitrogen and oxygen atoms in total. The molecule has 152 valence electrons. The Kier molecular flexibility index (Phi) is 7.55. The highest BCUT2D eigenvalue weighted by Gasteiger charge is 2.16. The molecular weight excluding hydrogens is 431 g/mol. The smallest absolute Gasteiger partial charge is 0.234 e. The summed E-state index contributed by atoms with van der Waals surface area (Å²) >= 11 is 13.3. The fraction of sp³-hybridized carbons (Fsp3) is 0.250. The minimum Gasteiger partial charge on any atom is -0.383 e. The first kappa shape index (κ1) is 21.6. The zero-order valence-electron chi connectivity index (χ0n) is 16.0. The maximum absolute atomic E-state index is 12.4. The number of hydrogen-bond donors (Lipinski definition) is 1. The summed E-state index contributed by atoms with van der Waals surface area (Å²) in [5, 5.41) is 12.9. The number of rotatable bonds is 8. The normalized spacial score (nSPS) is 10.9. The number of carbonyl (C=O) groups excluding carboxylic acids is 1. The molecule has 0 aliphatic carbocycles. The zero-order chi connectivity index (χ0) is 20.8. The second-order valence-electron chi connectivity index (χ2n) is 6.28. The van der Waals surface area contributed by atoms with Crippen LogP contribution in [0.3, 0.4) is 0 Å². The molecule has 0 saturated carbocycles. The van der Waals surface area contributed by atoms with Gasteiger partial charge in [-0.1, -0.05) is 58.7 Å². The van der Waals surface area contributed by atoms with Gasteiger partial charge in [0.05, 0.1) is 29.6 Å². The summed E-state index contributed by atoms with van der Waals surface area (Å²) in [5.74, 6) is 0.713. The Bertz CT molecular complexity index is 1010. The van der Waals surface area contributed by atoms with E-state index < -0.39 is 0 Å². The molecule has 0 aliphatic heterocycles. The van der Waals surface area contributed by atoms with E-state index in [0.29, 0.717) is 34.0 Å². The third-order valence-electron chi connectivity index (χ3n) is 4.05. The summed E-state index contributed by atoms with van der Waals surface area (Å²) in [6.07, 6.45) is 0. The number of carbonyl (C=O) groups is 1. The summed E-state index contributed by atoms with van der Waals surface area (Å²) in [7, 11) is 1.65. The molecule has 0 fully saturated rings. The third kappa shape index (κ3) is 5.73. The Morgan fingerprint density at radius 2 is 2.03 bits per heavy atom. The van der Waals surface area contributed by atoms with Crippen molar-refractivity contribution in [2.24, 2.45) is 0 Å². The van der Waals surface area contributed by atoms with Gasteiger partial charge in [-0.2, -0.15) is 0 Å². The van der Waals surface area contributed by atoms with Gasteiger partial charge in [0.2, 0.25) is 5.91 Å². The summed E-state index contributed by atoms with van der Waals surface area (Å²) in [4.78, 5) is 12.4. The molecule has 1 amide bonds. The predicted octanol–water partition coefficient (Wildman–Crippen LogP) is 4.94. The van der Waals surface area contributed by atoms with Crippen molar-refractivity contribution in [3.8, 4) is 11.4 Å². The van der Waals surface area contributed by atoms with Gasteiger partial charge < -0.3 is 10.1 Å². The van der Waals surface area contributed by atoms with Crippen LogP contribution in [0.15, 0.2) is 47.6 Å². The number of methoxy groups -OCH3 is 1. The first-order chi connectivity index (χ1) is 14.0. The monoisotopic (exact) mass is 450 g/mol. The van der Waals surface area contributed by atoms with Crippen molar-refractivity contribution in [1.82, 2.24) is 14.8 Å². The molecule has 0 aliphatic rings. The van der Waals surface area contributed by atoms with Crippen molar-refractivity contribution in [2.45, 2.75) is 18.6 Å². The summed E-state index contributed by atoms with van der Waals surface area (Å²) in [6.45, 7) is 3.12. The fourth-order valence-corrected chi connectivity index (χ4v) is 3.90. The van der Waals surface area contributed by atoms with E-state index in [1.807, 2.05) is 29.7 Å². The highest BCUT2D eigenvalue weighted by molar-refractivity contribution is 7.99. The first-order valence-corrected chi connectivity index (χ1v) is 10.6. The molecule has 9 heteroatoms. The maximum atomic E-state index is 12.4. The van der Waals surface area contributed by atoms with Crippen LogP contribution in [0.5, 0.6) is 0 Å². The second kappa shape index (κ2) is 10.1. The number of ether oxygens (including phenoxy) is 1. The topological polar surface area (TPSA) is 69.0 Å². The van der Waals surface area contributed by atoms with Gasteiger partial charge in [-0.05, 0) is 31.2 Å². The number of aromatic nitrogens is 3. The van der Waals surface area contributed by atoms with Crippen LogP contribution in [-0.2, 0) is 16.1 Å². The van der Waals surface area contributed by atoms with E-state index in [1.54, 1.807) is 25.3 Å². The van der Waals surface area contributed by atoms with Crippen LogP contribution in [-0.4, -0.2) is 40.1 Å². The highest BCUT2D eigenvalue weighted by atomic mass is 35.5. The largest absolute Gasteiger partial charge is 0.383 e. The van der Waals surface area contributed by atoms with Crippen molar-refractivity contribution in [3.63, 3.8) is 0 Å². The average molecular weight is 451 g/mol. The minimum absolute atomic E-state index is 0.165. The van der Waals surface area contributed by atoms with Gasteiger partial charge in [-0.3, -0.25) is 9.36 Å². The Balaban J connectivity index is 1.73. The second-order valence-corrected chi connectivity index (χ2v) is 8.07. The standard InChI is InChI=1S/C20H20Cl2N4O2S/c1-13-4-3-5-14(10-13)19-24-25-20(26(19)8-9-28-2)29-12-18(27)23-17-7-6-15(21)11-16(17)22/h3-7,10-11H,8-9,12H2,1-2H3,(H,23,27). The Labute approximate surface area is 183 Å². The van der Waals surface area contributed by atoms with Gasteiger partial charge in [-0.15, -0.1) is 10.2 Å². The Morgan fingerprint density at radius 3 is 2.76 bits per heavy atom. The van der Waals surface area contributed by atoms with E-state index in [-0.39, 0.29) is 11.7 Å². The number of aryl methyl sites for hydroxylation is 1. The lowest BCUT2D eigenvalue weighted by Gasteiger charge is -2.10. The fourth-order valence-electron chi connectivity index (χ4n) is 2.68. The number of benzene rings is 2. The van der Waals surface area contributed by atoms with Crippen LogP contribution in [0.1, 0.15) is 5.56 Å². The van der Waals surface area contributed by atoms with Crippen molar-refractivity contribution >= 4 is 46.6 Å². The van der Waals surface area contributed by atoms with Crippen LogP contribution in [0.2, 0.25) is 10.0 Å². The molecule has 1 N–H and O–H groups in total. The molecule has 0 radical (unpaired) electrons. The number of anilines is 1. The van der Waals surface area contributed by atoms with E-state index in [9.17, 15) is 4.79 Å². The van der Waals surface area contributed by atoms with E-state index in [1.165, 1.54) is 11.8 Å². The highest BCUT2D eigenvalue weighted by Crippen LogP contribution is 2.27. The quantitative estimate of drug-likeness (QED) is 0.492. The molecule has 0 atom stereocenters. The predicted molar refractivity (Wildman–Crippen MR) is 118 cm³/mol. The summed E-state index contributed by atoms with van der Waals surface area (Å²) in [5.41, 5.74) is 2.62. The van der Waals surface area contributed by atoms with Gasteiger partial charge in [0.25, 0.3) is 0 Å². The molecule has 1 aromatic heterocycles. The van der Waals surface area contributed by atoms with Crippen molar-refractivity contribution in [1.29, 1.82) is 0 Å². The summed E-state index contributed by atoms with van der Waals surface area (Å²) in [6, 6.07) is 13.0. The third-order valence-corrected chi connectivity index (χ3v) is 5.56. The molecule has 0 saturated heterocycles. The molecule has 29 heavy (non-hydrogen) atoms. The van der Waals surface area contributed by atoms with Crippen molar-refractivity contribution in [3.05, 3.63) is 58.1 Å². The minimum atomic E-state index is -0.197.